The number of amides is 1. The van der Waals surface area contributed by atoms with Gasteiger partial charge in [0.15, 0.2) is 0 Å². The zero-order valence-corrected chi connectivity index (χ0v) is 11.9. The third kappa shape index (κ3) is 6.29. The van der Waals surface area contributed by atoms with E-state index in [-0.39, 0.29) is 5.91 Å². The molecule has 0 saturated heterocycles. The highest BCUT2D eigenvalue weighted by atomic mass is 16.2. The lowest BCUT2D eigenvalue weighted by atomic mass is 10.3. The van der Waals surface area contributed by atoms with E-state index < -0.39 is 0 Å². The van der Waals surface area contributed by atoms with E-state index in [2.05, 4.69) is 34.0 Å². The Bertz CT molecular complexity index is 348. The minimum absolute atomic E-state index is 0.161. The zero-order valence-electron chi connectivity index (χ0n) is 11.9. The van der Waals surface area contributed by atoms with Crippen LogP contribution in [0.3, 0.4) is 0 Å². The molecule has 1 rings (SSSR count). The van der Waals surface area contributed by atoms with Crippen molar-refractivity contribution >= 4 is 5.91 Å². The molecule has 106 valence electrons. The third-order valence-corrected chi connectivity index (χ3v) is 2.91. The Kier molecular flexibility index (Phi) is 7.74. The molecule has 5 heteroatoms. The summed E-state index contributed by atoms with van der Waals surface area (Å²) in [6.07, 6.45) is 9.22. The first-order chi connectivity index (χ1) is 9.27. The van der Waals surface area contributed by atoms with Crippen molar-refractivity contribution in [1.82, 2.24) is 20.2 Å². The maximum Gasteiger partial charge on any atom is 0.272 e. The summed E-state index contributed by atoms with van der Waals surface area (Å²) in [5, 5.41) is 2.90. The second kappa shape index (κ2) is 9.44. The Morgan fingerprint density at radius 2 is 1.89 bits per heavy atom. The smallest absolute Gasteiger partial charge is 0.272 e. The first kappa shape index (κ1) is 15.6. The van der Waals surface area contributed by atoms with Gasteiger partial charge in [-0.15, -0.1) is 0 Å². The molecule has 1 aromatic heterocycles. The van der Waals surface area contributed by atoms with E-state index in [1.165, 1.54) is 25.2 Å². The topological polar surface area (TPSA) is 58.1 Å². The number of hydrogen-bond donors (Lipinski definition) is 1. The molecule has 0 aromatic carbocycles. The van der Waals surface area contributed by atoms with Crippen molar-refractivity contribution in [1.29, 1.82) is 0 Å². The molecule has 0 unspecified atom stereocenters. The molecule has 1 N–H and O–H groups in total. The molecule has 1 heterocycles. The maximum atomic E-state index is 11.9. The van der Waals surface area contributed by atoms with E-state index in [9.17, 15) is 4.79 Å². The summed E-state index contributed by atoms with van der Waals surface area (Å²) < 4.78 is 0. The van der Waals surface area contributed by atoms with Gasteiger partial charge in [-0.1, -0.05) is 26.7 Å². The number of rotatable bonds is 9. The SMILES string of the molecule is CCCCN(CCCC)CNC(=O)c1cnccn1. The van der Waals surface area contributed by atoms with E-state index >= 15 is 0 Å². The van der Waals surface area contributed by atoms with Crippen molar-refractivity contribution < 1.29 is 4.79 Å². The van der Waals surface area contributed by atoms with Crippen LogP contribution in [0.15, 0.2) is 18.6 Å². The molecule has 1 amide bonds. The highest BCUT2D eigenvalue weighted by Crippen LogP contribution is 1.98. The number of carbonyl (C=O) groups is 1. The number of nitrogens with zero attached hydrogens (tertiary/aromatic N) is 3. The van der Waals surface area contributed by atoms with Crippen LogP contribution in [-0.2, 0) is 0 Å². The van der Waals surface area contributed by atoms with Crippen molar-refractivity contribution in [3.63, 3.8) is 0 Å². The van der Waals surface area contributed by atoms with Crippen molar-refractivity contribution in [2.75, 3.05) is 19.8 Å². The van der Waals surface area contributed by atoms with Gasteiger partial charge in [0.1, 0.15) is 5.69 Å². The van der Waals surface area contributed by atoms with Crippen LogP contribution in [-0.4, -0.2) is 40.5 Å². The summed E-state index contributed by atoms with van der Waals surface area (Å²) in [7, 11) is 0. The molecule has 0 aliphatic heterocycles. The lowest BCUT2D eigenvalue weighted by Gasteiger charge is -2.22. The van der Waals surface area contributed by atoms with E-state index in [0.717, 1.165) is 25.9 Å². The largest absolute Gasteiger partial charge is 0.338 e. The zero-order chi connectivity index (χ0) is 13.9. The molecule has 0 spiro atoms. The molecule has 5 nitrogen and oxygen atoms in total. The minimum Gasteiger partial charge on any atom is -0.338 e. The number of nitrogens with one attached hydrogen (secondary N) is 1. The van der Waals surface area contributed by atoms with Crippen molar-refractivity contribution in [2.45, 2.75) is 39.5 Å². The van der Waals surface area contributed by atoms with Crippen LogP contribution in [0.1, 0.15) is 50.0 Å². The van der Waals surface area contributed by atoms with Crippen LogP contribution < -0.4 is 5.32 Å². The molecule has 19 heavy (non-hydrogen) atoms. The first-order valence-corrected chi connectivity index (χ1v) is 7.04. The van der Waals surface area contributed by atoms with Gasteiger partial charge in [0.25, 0.3) is 5.91 Å². The molecule has 0 atom stereocenters. The van der Waals surface area contributed by atoms with E-state index in [4.69, 9.17) is 0 Å². The maximum absolute atomic E-state index is 11.9. The second-order valence-electron chi connectivity index (χ2n) is 4.58. The molecule has 0 aliphatic rings. The van der Waals surface area contributed by atoms with Crippen LogP contribution in [0, 0.1) is 0 Å². The molecule has 0 bridgehead atoms. The van der Waals surface area contributed by atoms with Crippen LogP contribution in [0.4, 0.5) is 0 Å². The highest BCUT2D eigenvalue weighted by Gasteiger charge is 2.09. The molecular formula is C14H24N4O. The summed E-state index contributed by atoms with van der Waals surface area (Å²) in [5.74, 6) is -0.161. The average molecular weight is 264 g/mol. The Balaban J connectivity index is 2.39. The van der Waals surface area contributed by atoms with Crippen LogP contribution in [0.2, 0.25) is 0 Å². The summed E-state index contributed by atoms with van der Waals surface area (Å²) >= 11 is 0. The fourth-order valence-corrected chi connectivity index (χ4v) is 1.72. The van der Waals surface area contributed by atoms with Gasteiger partial charge in [0.2, 0.25) is 0 Å². The molecule has 0 saturated carbocycles. The van der Waals surface area contributed by atoms with Gasteiger partial charge in [-0.05, 0) is 25.9 Å². The standard InChI is InChI=1S/C14H24N4O/c1-3-5-9-18(10-6-4-2)12-17-14(19)13-11-15-7-8-16-13/h7-8,11H,3-6,9-10,12H2,1-2H3,(H,17,19). The van der Waals surface area contributed by atoms with Gasteiger partial charge < -0.3 is 5.32 Å². The lowest BCUT2D eigenvalue weighted by molar-refractivity contribution is 0.0915. The fourth-order valence-electron chi connectivity index (χ4n) is 1.72. The normalized spacial score (nSPS) is 10.7. The summed E-state index contributed by atoms with van der Waals surface area (Å²) in [6, 6.07) is 0. The molecule has 0 fully saturated rings. The Morgan fingerprint density at radius 3 is 2.42 bits per heavy atom. The predicted molar refractivity (Wildman–Crippen MR) is 75.8 cm³/mol. The van der Waals surface area contributed by atoms with Crippen LogP contribution >= 0.6 is 0 Å². The molecule has 0 aliphatic carbocycles. The summed E-state index contributed by atoms with van der Waals surface area (Å²) in [6.45, 7) is 6.98. The number of carbonyl (C=O) groups excluding carboxylic acids is 1. The van der Waals surface area contributed by atoms with Gasteiger partial charge in [-0.2, -0.15) is 0 Å². The van der Waals surface area contributed by atoms with Crippen molar-refractivity contribution in [3.8, 4) is 0 Å². The summed E-state index contributed by atoms with van der Waals surface area (Å²) in [4.78, 5) is 22.0. The Morgan fingerprint density at radius 1 is 1.21 bits per heavy atom. The van der Waals surface area contributed by atoms with E-state index in [1.807, 2.05) is 0 Å². The number of hydrogen-bond acceptors (Lipinski definition) is 4. The monoisotopic (exact) mass is 264 g/mol. The first-order valence-electron chi connectivity index (χ1n) is 7.04. The van der Waals surface area contributed by atoms with Gasteiger partial charge in [0.05, 0.1) is 12.9 Å². The van der Waals surface area contributed by atoms with Gasteiger partial charge in [-0.25, -0.2) is 4.98 Å². The van der Waals surface area contributed by atoms with E-state index in [1.54, 1.807) is 6.20 Å². The average Bonchev–Trinajstić information content (AvgIpc) is 2.47. The highest BCUT2D eigenvalue weighted by molar-refractivity contribution is 5.91. The lowest BCUT2D eigenvalue weighted by Crippen LogP contribution is -2.39. The molecular weight excluding hydrogens is 240 g/mol. The second-order valence-corrected chi connectivity index (χ2v) is 4.58. The Hall–Kier alpha value is -1.49. The fraction of sp³-hybridized carbons (Fsp3) is 0.643. The van der Waals surface area contributed by atoms with E-state index in [0.29, 0.717) is 12.4 Å². The quantitative estimate of drug-likeness (QED) is 0.694. The Labute approximate surface area is 115 Å². The molecule has 1 aromatic rings. The summed E-state index contributed by atoms with van der Waals surface area (Å²) in [5.41, 5.74) is 0.369. The molecule has 0 radical (unpaired) electrons. The van der Waals surface area contributed by atoms with Gasteiger partial charge in [-0.3, -0.25) is 14.7 Å². The predicted octanol–water partition coefficient (Wildman–Crippen LogP) is 2.07. The third-order valence-electron chi connectivity index (χ3n) is 2.91. The van der Waals surface area contributed by atoms with Crippen LogP contribution in [0.5, 0.6) is 0 Å². The van der Waals surface area contributed by atoms with Gasteiger partial charge >= 0.3 is 0 Å². The number of unbranched alkanes of at least 4 members (excludes halogenated alkanes) is 2. The van der Waals surface area contributed by atoms with Crippen molar-refractivity contribution in [3.05, 3.63) is 24.3 Å². The minimum atomic E-state index is -0.161. The van der Waals surface area contributed by atoms with Crippen LogP contribution in [0.25, 0.3) is 0 Å². The van der Waals surface area contributed by atoms with Crippen molar-refractivity contribution in [2.24, 2.45) is 0 Å². The van der Waals surface area contributed by atoms with Gasteiger partial charge in [0, 0.05) is 12.4 Å². The number of aromatic nitrogens is 2.